The summed E-state index contributed by atoms with van der Waals surface area (Å²) < 4.78 is 12.3. The Bertz CT molecular complexity index is 1000. The second-order valence-electron chi connectivity index (χ2n) is 12.3. The monoisotopic (exact) mass is 519 g/mol. The van der Waals surface area contributed by atoms with E-state index in [4.69, 9.17) is 9.47 Å². The van der Waals surface area contributed by atoms with Crippen molar-refractivity contribution in [1.82, 2.24) is 4.98 Å². The van der Waals surface area contributed by atoms with Crippen molar-refractivity contribution in [3.05, 3.63) is 21.7 Å². The quantitative estimate of drug-likeness (QED) is 0.373. The van der Waals surface area contributed by atoms with Crippen molar-refractivity contribution < 1.29 is 24.2 Å². The minimum atomic E-state index is -1.13. The molecule has 6 nitrogen and oxygen atoms in total. The second-order valence-corrected chi connectivity index (χ2v) is 13.3. The topological polar surface area (TPSA) is 89.0 Å². The highest BCUT2D eigenvalue weighted by atomic mass is 32.1. The molecule has 7 unspecified atom stereocenters. The summed E-state index contributed by atoms with van der Waals surface area (Å²) >= 11 is 1.57. The van der Waals surface area contributed by atoms with Crippen LogP contribution in [-0.2, 0) is 19.1 Å². The molecule has 7 atom stereocenters. The maximum absolute atomic E-state index is 13.4. The van der Waals surface area contributed by atoms with Crippen molar-refractivity contribution in [3.63, 3.8) is 0 Å². The SMILES string of the molecule is C/C(=C\c1csc(C)n1)C1(C)CC2OC2(C)CCCC(C)C(C)C(C)C(=O)C(C)(C)C(O)CC(=O)O1. The number of ether oxygens (including phenoxy) is 2. The Morgan fingerprint density at radius 3 is 2.47 bits per heavy atom. The third-order valence-corrected chi connectivity index (χ3v) is 9.84. The molecule has 0 saturated carbocycles. The van der Waals surface area contributed by atoms with E-state index in [1.165, 1.54) is 0 Å². The smallest absolute Gasteiger partial charge is 0.309 e. The number of hydrogen-bond donors (Lipinski definition) is 1. The lowest BCUT2D eigenvalue weighted by atomic mass is 9.70. The number of esters is 1. The maximum Gasteiger partial charge on any atom is 0.309 e. The summed E-state index contributed by atoms with van der Waals surface area (Å²) in [6, 6.07) is 0. The average molecular weight is 520 g/mol. The van der Waals surface area contributed by atoms with Crippen LogP contribution in [0.1, 0.15) is 98.2 Å². The fourth-order valence-electron chi connectivity index (χ4n) is 5.45. The van der Waals surface area contributed by atoms with Crippen LogP contribution in [0.4, 0.5) is 0 Å². The van der Waals surface area contributed by atoms with Crippen LogP contribution in [0.25, 0.3) is 6.08 Å². The van der Waals surface area contributed by atoms with Gasteiger partial charge in [0, 0.05) is 17.7 Å². The number of cyclic esters (lactones) is 1. The minimum absolute atomic E-state index is 0.00969. The van der Waals surface area contributed by atoms with E-state index in [1.807, 2.05) is 39.2 Å². The number of ketones is 1. The number of aromatic nitrogens is 1. The molecule has 2 aliphatic heterocycles. The molecule has 0 radical (unpaired) electrons. The zero-order chi connectivity index (χ0) is 27.1. The first-order chi connectivity index (χ1) is 16.6. The van der Waals surface area contributed by atoms with E-state index < -0.39 is 23.1 Å². The Labute approximate surface area is 220 Å². The van der Waals surface area contributed by atoms with E-state index in [1.54, 1.807) is 25.2 Å². The second kappa shape index (κ2) is 10.7. The minimum Gasteiger partial charge on any atom is -0.455 e. The summed E-state index contributed by atoms with van der Waals surface area (Å²) in [7, 11) is 0. The highest BCUT2D eigenvalue weighted by Crippen LogP contribution is 2.48. The van der Waals surface area contributed by atoms with E-state index in [2.05, 4.69) is 25.8 Å². The number of hydrogen-bond acceptors (Lipinski definition) is 7. The maximum atomic E-state index is 13.4. The number of epoxide rings is 1. The molecule has 0 spiro atoms. The van der Waals surface area contributed by atoms with Gasteiger partial charge in [-0.2, -0.15) is 0 Å². The predicted octanol–water partition coefficient (Wildman–Crippen LogP) is 6.14. The molecule has 0 amide bonds. The largest absolute Gasteiger partial charge is 0.455 e. The number of aliphatic hydroxyl groups is 1. The average Bonchev–Trinajstić information content (AvgIpc) is 3.21. The van der Waals surface area contributed by atoms with Crippen molar-refractivity contribution in [2.24, 2.45) is 23.2 Å². The molecule has 1 aromatic rings. The van der Waals surface area contributed by atoms with Gasteiger partial charge in [0.25, 0.3) is 0 Å². The Balaban J connectivity index is 1.91. The summed E-state index contributed by atoms with van der Waals surface area (Å²) in [5.74, 6) is -0.196. The molecule has 0 aromatic carbocycles. The molecule has 3 rings (SSSR count). The fourth-order valence-corrected chi connectivity index (χ4v) is 6.02. The molecule has 0 bridgehead atoms. The molecule has 1 N–H and O–H groups in total. The van der Waals surface area contributed by atoms with Gasteiger partial charge in [0.2, 0.25) is 0 Å². The molecular weight excluding hydrogens is 474 g/mol. The Hall–Kier alpha value is -1.57. The summed E-state index contributed by atoms with van der Waals surface area (Å²) in [6.45, 7) is 17.7. The van der Waals surface area contributed by atoms with Gasteiger partial charge in [-0.15, -0.1) is 11.3 Å². The van der Waals surface area contributed by atoms with Gasteiger partial charge in [-0.1, -0.05) is 47.5 Å². The number of aliphatic hydroxyl groups excluding tert-OH is 1. The van der Waals surface area contributed by atoms with Gasteiger partial charge >= 0.3 is 5.97 Å². The van der Waals surface area contributed by atoms with Crippen LogP contribution in [0.3, 0.4) is 0 Å². The first kappa shape index (κ1) is 29.0. The lowest BCUT2D eigenvalue weighted by Gasteiger charge is -2.36. The highest BCUT2D eigenvalue weighted by molar-refractivity contribution is 7.09. The van der Waals surface area contributed by atoms with Crippen molar-refractivity contribution in [2.75, 3.05) is 0 Å². The van der Waals surface area contributed by atoms with Crippen molar-refractivity contribution in [3.8, 4) is 0 Å². The van der Waals surface area contributed by atoms with Gasteiger partial charge in [0.05, 0.1) is 40.3 Å². The molecule has 2 aliphatic rings. The molecule has 7 heteroatoms. The first-order valence-corrected chi connectivity index (χ1v) is 14.2. The number of carbonyl (C=O) groups is 2. The third kappa shape index (κ3) is 6.28. The van der Waals surface area contributed by atoms with Crippen LogP contribution in [0.5, 0.6) is 0 Å². The third-order valence-electron chi connectivity index (χ3n) is 9.05. The summed E-state index contributed by atoms with van der Waals surface area (Å²) in [4.78, 5) is 31.2. The molecule has 202 valence electrons. The molecular formula is C29H45NO5S. The lowest BCUT2D eigenvalue weighted by Crippen LogP contribution is -2.44. The zero-order valence-electron chi connectivity index (χ0n) is 23.5. The number of nitrogens with zero attached hydrogens (tertiary/aromatic N) is 1. The van der Waals surface area contributed by atoms with Gasteiger partial charge in [0.1, 0.15) is 11.4 Å². The van der Waals surface area contributed by atoms with Crippen molar-refractivity contribution in [2.45, 2.75) is 118 Å². The fraction of sp³-hybridized carbons (Fsp3) is 0.759. The van der Waals surface area contributed by atoms with Crippen LogP contribution in [-0.4, -0.2) is 45.3 Å². The predicted molar refractivity (Wildman–Crippen MR) is 144 cm³/mol. The van der Waals surface area contributed by atoms with Gasteiger partial charge < -0.3 is 14.6 Å². The highest BCUT2D eigenvalue weighted by Gasteiger charge is 2.55. The summed E-state index contributed by atoms with van der Waals surface area (Å²) in [6.07, 6.45) is 4.06. The Kier molecular flexibility index (Phi) is 8.59. The number of rotatable bonds is 2. The number of Topliss-reactive ketones (excluding diaryl/α,β-unsaturated/α-hetero) is 1. The normalized spacial score (nSPS) is 38.8. The Morgan fingerprint density at radius 1 is 1.19 bits per heavy atom. The van der Waals surface area contributed by atoms with Crippen molar-refractivity contribution in [1.29, 1.82) is 0 Å². The van der Waals surface area contributed by atoms with E-state index in [0.717, 1.165) is 35.5 Å². The van der Waals surface area contributed by atoms with E-state index in [-0.39, 0.29) is 35.7 Å². The number of thiazole rings is 1. The molecule has 36 heavy (non-hydrogen) atoms. The lowest BCUT2D eigenvalue weighted by molar-refractivity contribution is -0.160. The van der Waals surface area contributed by atoms with Crippen LogP contribution >= 0.6 is 11.3 Å². The Morgan fingerprint density at radius 2 is 1.86 bits per heavy atom. The first-order valence-electron chi connectivity index (χ1n) is 13.3. The van der Waals surface area contributed by atoms with Crippen LogP contribution < -0.4 is 0 Å². The van der Waals surface area contributed by atoms with Crippen LogP contribution in [0.15, 0.2) is 11.0 Å². The molecule has 0 aliphatic carbocycles. The van der Waals surface area contributed by atoms with Crippen LogP contribution in [0.2, 0.25) is 0 Å². The number of aryl methyl sites for hydroxylation is 1. The van der Waals surface area contributed by atoms with E-state index >= 15 is 0 Å². The van der Waals surface area contributed by atoms with Gasteiger partial charge in [-0.25, -0.2) is 4.98 Å². The molecule has 3 heterocycles. The van der Waals surface area contributed by atoms with Gasteiger partial charge in [-0.3, -0.25) is 9.59 Å². The number of carbonyl (C=O) groups excluding carboxylic acids is 2. The standard InChI is InChI=1S/C29H45NO5S/c1-17-11-10-12-28(8)24(34-28)15-29(9,18(2)13-22-16-36-21(5)30-22)35-25(32)14-23(31)27(6,7)26(33)20(4)19(17)3/h13,16-17,19-20,23-24,31H,10-12,14-15H2,1-9H3/b18-13+. The molecule has 2 fully saturated rings. The van der Waals surface area contributed by atoms with E-state index in [9.17, 15) is 14.7 Å². The van der Waals surface area contributed by atoms with Crippen molar-refractivity contribution >= 4 is 29.2 Å². The summed E-state index contributed by atoms with van der Waals surface area (Å²) in [5, 5.41) is 14.0. The van der Waals surface area contributed by atoms with E-state index in [0.29, 0.717) is 12.3 Å². The molecule has 1 aromatic heterocycles. The van der Waals surface area contributed by atoms with Crippen LogP contribution in [0, 0.1) is 30.1 Å². The molecule has 2 saturated heterocycles. The number of fused-ring (bicyclic) bond motifs is 1. The summed E-state index contributed by atoms with van der Waals surface area (Å²) in [5.41, 5.74) is -0.504. The van der Waals surface area contributed by atoms with Gasteiger partial charge in [0.15, 0.2) is 0 Å². The zero-order valence-corrected chi connectivity index (χ0v) is 24.3. The van der Waals surface area contributed by atoms with Gasteiger partial charge in [-0.05, 0) is 57.6 Å².